The van der Waals surface area contributed by atoms with E-state index in [1.165, 1.54) is 36.7 Å². The Hall–Kier alpha value is -1.86. The van der Waals surface area contributed by atoms with Gasteiger partial charge in [0.25, 0.3) is 5.69 Å². The highest BCUT2D eigenvalue weighted by atomic mass is 32.2. The van der Waals surface area contributed by atoms with Crippen molar-refractivity contribution < 1.29 is 4.92 Å². The number of nitro groups is 1. The SMILES string of the molecule is O=c1[nH]c2c(s1)[C@H](/C=C/c1ccccc1[N+](=O)[O-])[C@@H]1[C@H]3CC[C@@H](C3)[C@@H]1S2. The molecule has 1 N–H and O–H groups in total. The van der Waals surface area contributed by atoms with Crippen LogP contribution in [0.3, 0.4) is 0 Å². The van der Waals surface area contributed by atoms with E-state index in [4.69, 9.17) is 0 Å². The van der Waals surface area contributed by atoms with Gasteiger partial charge in [0.2, 0.25) is 0 Å². The third kappa shape index (κ3) is 2.48. The van der Waals surface area contributed by atoms with Gasteiger partial charge in [-0.05, 0) is 43.1 Å². The van der Waals surface area contributed by atoms with Crippen LogP contribution >= 0.6 is 23.1 Å². The summed E-state index contributed by atoms with van der Waals surface area (Å²) in [5, 5.41) is 12.9. The molecule has 5 atom stereocenters. The maximum atomic E-state index is 12.0. The van der Waals surface area contributed by atoms with Crippen LogP contribution < -0.4 is 4.87 Å². The van der Waals surface area contributed by atoms with Crippen LogP contribution in [0.2, 0.25) is 0 Å². The number of nitrogens with one attached hydrogen (secondary N) is 1. The van der Waals surface area contributed by atoms with Crippen LogP contribution in [-0.4, -0.2) is 15.2 Å². The minimum absolute atomic E-state index is 0.00101. The number of H-pyrrole nitrogens is 1. The molecule has 0 radical (unpaired) electrons. The maximum absolute atomic E-state index is 12.0. The lowest BCUT2D eigenvalue weighted by molar-refractivity contribution is -0.385. The molecule has 2 saturated carbocycles. The topological polar surface area (TPSA) is 76.0 Å². The number of nitro benzene ring substituents is 1. The fourth-order valence-electron chi connectivity index (χ4n) is 5.12. The summed E-state index contributed by atoms with van der Waals surface area (Å²) in [4.78, 5) is 27.0. The van der Waals surface area contributed by atoms with E-state index in [0.717, 1.165) is 15.8 Å². The minimum atomic E-state index is -0.336. The molecular weight excluding hydrogens is 368 g/mol. The average molecular weight is 386 g/mol. The van der Waals surface area contributed by atoms with Gasteiger partial charge in [0.05, 0.1) is 15.5 Å². The largest absolute Gasteiger partial charge is 0.307 e. The molecule has 26 heavy (non-hydrogen) atoms. The Morgan fingerprint density at radius 3 is 2.88 bits per heavy atom. The number of allylic oxidation sites excluding steroid dienone is 1. The molecule has 2 bridgehead atoms. The molecule has 134 valence electrons. The third-order valence-corrected chi connectivity index (χ3v) is 8.77. The number of aromatic nitrogens is 1. The van der Waals surface area contributed by atoms with E-state index < -0.39 is 0 Å². The van der Waals surface area contributed by atoms with Gasteiger partial charge < -0.3 is 4.98 Å². The quantitative estimate of drug-likeness (QED) is 0.615. The highest BCUT2D eigenvalue weighted by molar-refractivity contribution is 8.00. The van der Waals surface area contributed by atoms with Crippen molar-refractivity contribution in [1.29, 1.82) is 0 Å². The Bertz CT molecular complexity index is 964. The molecule has 5 nitrogen and oxygen atoms in total. The average Bonchev–Trinajstić information content (AvgIpc) is 3.32. The lowest BCUT2D eigenvalue weighted by Gasteiger charge is -2.38. The standard InChI is InChI=1S/C19H18N2O3S2/c22-19-20-18-17(26-19)13(15-11-5-6-12(9-11)16(15)25-18)8-7-10-3-1-2-4-14(10)21(23)24/h1-4,7-8,11-13,15-16H,5-6,9H2,(H,20,22)/b8-7+/t11-,12-,13+,15-,16-/m0/s1. The van der Waals surface area contributed by atoms with E-state index in [1.807, 2.05) is 23.9 Å². The molecule has 0 unspecified atom stereocenters. The molecule has 2 aliphatic carbocycles. The molecule has 1 aliphatic heterocycles. The Balaban J connectivity index is 1.56. The van der Waals surface area contributed by atoms with Crippen molar-refractivity contribution >= 4 is 34.9 Å². The summed E-state index contributed by atoms with van der Waals surface area (Å²) in [5.41, 5.74) is 0.751. The van der Waals surface area contributed by atoms with Crippen molar-refractivity contribution in [3.63, 3.8) is 0 Å². The monoisotopic (exact) mass is 386 g/mol. The first-order valence-electron chi connectivity index (χ1n) is 8.93. The van der Waals surface area contributed by atoms with Crippen molar-refractivity contribution in [3.8, 4) is 0 Å². The van der Waals surface area contributed by atoms with Gasteiger partial charge in [-0.2, -0.15) is 0 Å². The molecule has 0 saturated heterocycles. The first kappa shape index (κ1) is 16.3. The normalized spacial score (nSPS) is 31.9. The maximum Gasteiger partial charge on any atom is 0.305 e. The second kappa shape index (κ2) is 6.09. The number of nitrogens with zero attached hydrogens (tertiary/aromatic N) is 1. The van der Waals surface area contributed by atoms with Gasteiger partial charge in [0.15, 0.2) is 0 Å². The summed E-state index contributed by atoms with van der Waals surface area (Å²) in [7, 11) is 0. The number of thiazole rings is 1. The zero-order valence-corrected chi connectivity index (χ0v) is 15.6. The van der Waals surface area contributed by atoms with E-state index in [0.29, 0.717) is 22.6 Å². The zero-order chi connectivity index (χ0) is 17.8. The van der Waals surface area contributed by atoms with Crippen LogP contribution in [0.1, 0.15) is 35.6 Å². The van der Waals surface area contributed by atoms with Crippen molar-refractivity contribution in [2.75, 3.05) is 0 Å². The number of rotatable bonds is 3. The number of hydrogen-bond donors (Lipinski definition) is 1. The second-order valence-electron chi connectivity index (χ2n) is 7.40. The molecule has 7 heteroatoms. The molecule has 1 aromatic carbocycles. The fraction of sp³-hybridized carbons (Fsp3) is 0.421. The summed E-state index contributed by atoms with van der Waals surface area (Å²) in [5.74, 6) is 2.17. The smallest absolute Gasteiger partial charge is 0.305 e. The van der Waals surface area contributed by atoms with E-state index in [1.54, 1.807) is 12.1 Å². The number of hydrogen-bond acceptors (Lipinski definition) is 5. The number of aromatic amines is 1. The highest BCUT2D eigenvalue weighted by Crippen LogP contribution is 2.62. The summed E-state index contributed by atoms with van der Waals surface area (Å²) in [6, 6.07) is 6.83. The van der Waals surface area contributed by atoms with Crippen LogP contribution in [0.4, 0.5) is 5.69 Å². The lowest BCUT2D eigenvalue weighted by atomic mass is 9.77. The number of para-hydroxylation sites is 1. The Labute approximate surface area is 158 Å². The summed E-state index contributed by atoms with van der Waals surface area (Å²) in [6.45, 7) is 0. The molecule has 0 amide bonds. The van der Waals surface area contributed by atoms with Crippen LogP contribution in [0.5, 0.6) is 0 Å². The first-order chi connectivity index (χ1) is 12.6. The molecular formula is C19H18N2O3S2. The van der Waals surface area contributed by atoms with Gasteiger partial charge in [-0.15, -0.1) is 11.8 Å². The third-order valence-electron chi connectivity index (χ3n) is 6.13. The van der Waals surface area contributed by atoms with Gasteiger partial charge in [-0.1, -0.05) is 35.6 Å². The van der Waals surface area contributed by atoms with E-state index in [9.17, 15) is 14.9 Å². The molecule has 1 aromatic heterocycles. The lowest BCUT2D eigenvalue weighted by Crippen LogP contribution is -2.32. The van der Waals surface area contributed by atoms with Crippen LogP contribution in [0.15, 0.2) is 40.2 Å². The van der Waals surface area contributed by atoms with E-state index in [-0.39, 0.29) is 21.4 Å². The van der Waals surface area contributed by atoms with Crippen molar-refractivity contribution in [3.05, 3.63) is 60.6 Å². The minimum Gasteiger partial charge on any atom is -0.307 e. The van der Waals surface area contributed by atoms with Crippen molar-refractivity contribution in [1.82, 2.24) is 4.98 Å². The molecule has 2 aromatic rings. The zero-order valence-electron chi connectivity index (χ0n) is 14.0. The molecule has 3 aliphatic rings. The van der Waals surface area contributed by atoms with Crippen LogP contribution in [0, 0.1) is 27.9 Å². The number of thioether (sulfide) groups is 1. The van der Waals surface area contributed by atoms with Crippen molar-refractivity contribution in [2.45, 2.75) is 35.5 Å². The van der Waals surface area contributed by atoms with Crippen LogP contribution in [0.25, 0.3) is 6.08 Å². The van der Waals surface area contributed by atoms with Gasteiger partial charge in [-0.25, -0.2) is 0 Å². The Morgan fingerprint density at radius 2 is 2.04 bits per heavy atom. The van der Waals surface area contributed by atoms with E-state index in [2.05, 4.69) is 11.1 Å². The highest BCUT2D eigenvalue weighted by Gasteiger charge is 2.53. The second-order valence-corrected chi connectivity index (χ2v) is 9.60. The molecule has 0 spiro atoms. The van der Waals surface area contributed by atoms with Gasteiger partial charge in [0.1, 0.15) is 0 Å². The van der Waals surface area contributed by atoms with Gasteiger partial charge in [0, 0.05) is 22.1 Å². The molecule has 2 fully saturated rings. The van der Waals surface area contributed by atoms with E-state index >= 15 is 0 Å². The van der Waals surface area contributed by atoms with Crippen molar-refractivity contribution in [2.24, 2.45) is 17.8 Å². The summed E-state index contributed by atoms with van der Waals surface area (Å²) in [6.07, 6.45) is 7.86. The predicted octanol–water partition coefficient (Wildman–Crippen LogP) is 4.66. The van der Waals surface area contributed by atoms with Gasteiger partial charge >= 0.3 is 4.87 Å². The summed E-state index contributed by atoms with van der Waals surface area (Å²) < 4.78 is 0. The predicted molar refractivity (Wildman–Crippen MR) is 104 cm³/mol. The van der Waals surface area contributed by atoms with Gasteiger partial charge in [-0.3, -0.25) is 14.9 Å². The number of fused-ring (bicyclic) bond motifs is 6. The number of benzene rings is 1. The Kier molecular flexibility index (Phi) is 3.83. The Morgan fingerprint density at radius 1 is 1.23 bits per heavy atom. The first-order valence-corrected chi connectivity index (χ1v) is 10.6. The molecule has 5 rings (SSSR count). The molecule has 2 heterocycles. The summed E-state index contributed by atoms with van der Waals surface area (Å²) >= 11 is 3.16. The fourth-order valence-corrected chi connectivity index (χ4v) is 7.98. The van der Waals surface area contributed by atoms with Crippen LogP contribution in [-0.2, 0) is 0 Å².